The van der Waals surface area contributed by atoms with E-state index in [1.807, 2.05) is 19.9 Å². The molecule has 2 N–H and O–H groups in total. The molecule has 1 unspecified atom stereocenters. The number of carboxylic acids is 1. The van der Waals surface area contributed by atoms with Crippen LogP contribution in [0.5, 0.6) is 11.5 Å². The average molecular weight is 314 g/mol. The normalized spacial score (nSPS) is 11.9. The Morgan fingerprint density at radius 2 is 1.96 bits per heavy atom. The van der Waals surface area contributed by atoms with Crippen LogP contribution in [0.2, 0.25) is 0 Å². The molecule has 0 fully saturated rings. The molecule has 4 nitrogen and oxygen atoms in total. The van der Waals surface area contributed by atoms with Crippen molar-refractivity contribution >= 4 is 5.97 Å². The smallest absolute Gasteiger partial charge is 0.311 e. The molecule has 2 aromatic rings. The lowest BCUT2D eigenvalue weighted by molar-refractivity contribution is -0.138. The third-order valence-corrected chi connectivity index (χ3v) is 3.80. The molecule has 122 valence electrons. The maximum Gasteiger partial charge on any atom is 0.311 e. The number of benzene rings is 2. The predicted octanol–water partition coefficient (Wildman–Crippen LogP) is 3.90. The van der Waals surface area contributed by atoms with E-state index in [1.165, 1.54) is 0 Å². The Bertz CT molecular complexity index is 679. The molecule has 4 heteroatoms. The highest BCUT2D eigenvalue weighted by Gasteiger charge is 2.23. The number of ether oxygens (including phenoxy) is 1. The zero-order chi connectivity index (χ0) is 16.8. The number of phenolic OH excluding ortho intramolecular Hbond substituents is 1. The van der Waals surface area contributed by atoms with Gasteiger partial charge in [-0.3, -0.25) is 4.79 Å². The van der Waals surface area contributed by atoms with Crippen molar-refractivity contribution in [2.24, 2.45) is 0 Å². The summed E-state index contributed by atoms with van der Waals surface area (Å²) in [4.78, 5) is 11.7. The van der Waals surface area contributed by atoms with Crippen molar-refractivity contribution in [1.29, 1.82) is 0 Å². The maximum atomic E-state index is 11.7. The zero-order valence-corrected chi connectivity index (χ0v) is 13.5. The number of para-hydroxylation sites is 1. The number of carboxylic acid groups (broad SMARTS) is 1. The minimum Gasteiger partial charge on any atom is -0.508 e. The molecule has 0 aliphatic carbocycles. The molecule has 0 saturated heterocycles. The summed E-state index contributed by atoms with van der Waals surface area (Å²) in [5.41, 5.74) is 2.25. The topological polar surface area (TPSA) is 66.8 Å². The third-order valence-electron chi connectivity index (χ3n) is 3.80. The lowest BCUT2D eigenvalue weighted by Crippen LogP contribution is -2.16. The fourth-order valence-corrected chi connectivity index (χ4v) is 2.58. The van der Waals surface area contributed by atoms with Gasteiger partial charge in [0.15, 0.2) is 0 Å². The number of carbonyl (C=O) groups is 1. The van der Waals surface area contributed by atoms with Crippen molar-refractivity contribution in [3.63, 3.8) is 0 Å². The summed E-state index contributed by atoms with van der Waals surface area (Å²) in [6.45, 7) is 4.56. The lowest BCUT2D eigenvalue weighted by Gasteiger charge is -2.17. The van der Waals surface area contributed by atoms with Crippen molar-refractivity contribution in [2.45, 2.75) is 32.6 Å². The maximum absolute atomic E-state index is 11.7. The van der Waals surface area contributed by atoms with Gasteiger partial charge in [-0.05, 0) is 54.7 Å². The summed E-state index contributed by atoms with van der Waals surface area (Å²) < 4.78 is 5.58. The molecule has 0 aromatic heterocycles. The minimum absolute atomic E-state index is 0.124. The molecular weight excluding hydrogens is 292 g/mol. The van der Waals surface area contributed by atoms with Crippen LogP contribution in [0.15, 0.2) is 42.5 Å². The van der Waals surface area contributed by atoms with E-state index >= 15 is 0 Å². The Balaban J connectivity index is 2.27. The Morgan fingerprint density at radius 1 is 1.22 bits per heavy atom. The molecule has 0 aliphatic rings. The van der Waals surface area contributed by atoms with Gasteiger partial charge in [0.2, 0.25) is 0 Å². The van der Waals surface area contributed by atoms with Gasteiger partial charge in [0.05, 0.1) is 12.5 Å². The number of phenols is 1. The second-order valence-corrected chi connectivity index (χ2v) is 5.59. The van der Waals surface area contributed by atoms with Crippen molar-refractivity contribution < 1.29 is 19.7 Å². The monoisotopic (exact) mass is 314 g/mol. The molecule has 2 rings (SSSR count). The van der Waals surface area contributed by atoms with Crippen LogP contribution in [0.25, 0.3) is 0 Å². The fourth-order valence-electron chi connectivity index (χ4n) is 2.58. The number of aryl methyl sites for hydroxylation is 1. The second-order valence-electron chi connectivity index (χ2n) is 5.59. The highest BCUT2D eigenvalue weighted by Crippen LogP contribution is 2.30. The average Bonchev–Trinajstić information content (AvgIpc) is 2.52. The van der Waals surface area contributed by atoms with E-state index in [2.05, 4.69) is 0 Å². The van der Waals surface area contributed by atoms with Crippen LogP contribution in [0.4, 0.5) is 0 Å². The van der Waals surface area contributed by atoms with Crippen molar-refractivity contribution in [2.75, 3.05) is 6.61 Å². The Kier molecular flexibility index (Phi) is 5.63. The largest absolute Gasteiger partial charge is 0.508 e. The van der Waals surface area contributed by atoms with E-state index in [0.29, 0.717) is 12.2 Å². The third kappa shape index (κ3) is 4.25. The van der Waals surface area contributed by atoms with Gasteiger partial charge in [-0.1, -0.05) is 31.2 Å². The Hall–Kier alpha value is -2.49. The number of hydrogen-bond donors (Lipinski definition) is 2. The lowest BCUT2D eigenvalue weighted by atomic mass is 9.89. The first kappa shape index (κ1) is 16.9. The standard InChI is InChI=1S/C19H22O4/c1-3-10-23-15-8-9-16(13(2)11-15)17(19(21)22)12-14-6-4-5-7-18(14)20/h4-9,11,17,20H,3,10,12H2,1-2H3,(H,21,22). The van der Waals surface area contributed by atoms with Crippen LogP contribution < -0.4 is 4.74 Å². The Labute approximate surface area is 136 Å². The van der Waals surface area contributed by atoms with Crippen LogP contribution in [0, 0.1) is 6.92 Å². The summed E-state index contributed by atoms with van der Waals surface area (Å²) in [7, 11) is 0. The first-order valence-corrected chi connectivity index (χ1v) is 7.76. The van der Waals surface area contributed by atoms with Crippen molar-refractivity contribution in [3.8, 4) is 11.5 Å². The van der Waals surface area contributed by atoms with Crippen LogP contribution in [-0.4, -0.2) is 22.8 Å². The number of rotatable bonds is 7. The number of aromatic hydroxyl groups is 1. The molecule has 0 spiro atoms. The number of hydrogen-bond acceptors (Lipinski definition) is 3. The van der Waals surface area contributed by atoms with Gasteiger partial charge in [-0.15, -0.1) is 0 Å². The molecule has 2 aromatic carbocycles. The highest BCUT2D eigenvalue weighted by molar-refractivity contribution is 5.77. The van der Waals surface area contributed by atoms with E-state index < -0.39 is 11.9 Å². The van der Waals surface area contributed by atoms with Gasteiger partial charge in [-0.2, -0.15) is 0 Å². The van der Waals surface area contributed by atoms with Crippen LogP contribution >= 0.6 is 0 Å². The molecule has 0 aliphatic heterocycles. The van der Waals surface area contributed by atoms with Crippen molar-refractivity contribution in [1.82, 2.24) is 0 Å². The van der Waals surface area contributed by atoms with Gasteiger partial charge in [0.25, 0.3) is 0 Å². The fraction of sp³-hybridized carbons (Fsp3) is 0.316. The quantitative estimate of drug-likeness (QED) is 0.813. The van der Waals surface area contributed by atoms with E-state index in [0.717, 1.165) is 23.3 Å². The summed E-state index contributed by atoms with van der Waals surface area (Å²) in [6, 6.07) is 12.3. The highest BCUT2D eigenvalue weighted by atomic mass is 16.5. The molecule has 0 amide bonds. The molecule has 0 saturated carbocycles. The molecule has 23 heavy (non-hydrogen) atoms. The minimum atomic E-state index is -0.904. The van der Waals surface area contributed by atoms with E-state index in [-0.39, 0.29) is 12.2 Å². The summed E-state index contributed by atoms with van der Waals surface area (Å²) in [6.07, 6.45) is 1.17. The van der Waals surface area contributed by atoms with Crippen LogP contribution in [0.3, 0.4) is 0 Å². The second kappa shape index (κ2) is 7.68. The molecule has 0 radical (unpaired) electrons. The summed E-state index contributed by atoms with van der Waals surface area (Å²) in [5.74, 6) is -0.735. The summed E-state index contributed by atoms with van der Waals surface area (Å²) >= 11 is 0. The van der Waals surface area contributed by atoms with E-state index in [1.54, 1.807) is 36.4 Å². The molecule has 1 atom stereocenters. The zero-order valence-electron chi connectivity index (χ0n) is 13.5. The van der Waals surface area contributed by atoms with Gasteiger partial charge in [0.1, 0.15) is 11.5 Å². The van der Waals surface area contributed by atoms with Gasteiger partial charge >= 0.3 is 5.97 Å². The van der Waals surface area contributed by atoms with Gasteiger partial charge in [0, 0.05) is 0 Å². The van der Waals surface area contributed by atoms with E-state index in [4.69, 9.17) is 4.74 Å². The molecule has 0 heterocycles. The van der Waals surface area contributed by atoms with Gasteiger partial charge in [-0.25, -0.2) is 0 Å². The van der Waals surface area contributed by atoms with Crippen molar-refractivity contribution in [3.05, 3.63) is 59.2 Å². The molecular formula is C19H22O4. The van der Waals surface area contributed by atoms with Crippen LogP contribution in [0.1, 0.15) is 36.0 Å². The predicted molar refractivity (Wildman–Crippen MR) is 89.2 cm³/mol. The van der Waals surface area contributed by atoms with E-state index in [9.17, 15) is 15.0 Å². The first-order valence-electron chi connectivity index (χ1n) is 7.76. The molecule has 0 bridgehead atoms. The summed E-state index contributed by atoms with van der Waals surface area (Å²) in [5, 5.41) is 19.5. The SMILES string of the molecule is CCCOc1ccc(C(Cc2ccccc2O)C(=O)O)c(C)c1. The van der Waals surface area contributed by atoms with Crippen LogP contribution in [-0.2, 0) is 11.2 Å². The van der Waals surface area contributed by atoms with Gasteiger partial charge < -0.3 is 14.9 Å². The first-order chi connectivity index (χ1) is 11.0. The number of aliphatic carboxylic acids is 1. The Morgan fingerprint density at radius 3 is 2.57 bits per heavy atom.